The Hall–Kier alpha value is -1.52. The van der Waals surface area contributed by atoms with Crippen molar-refractivity contribution in [2.45, 2.75) is 38.5 Å². The average molecular weight is 272 g/mol. The van der Waals surface area contributed by atoms with Gasteiger partial charge >= 0.3 is 6.36 Å². The van der Waals surface area contributed by atoms with Crippen molar-refractivity contribution in [1.82, 2.24) is 0 Å². The van der Waals surface area contributed by atoms with Crippen molar-refractivity contribution < 1.29 is 22.7 Å². The fourth-order valence-corrected chi connectivity index (χ4v) is 2.42. The van der Waals surface area contributed by atoms with Gasteiger partial charge < -0.3 is 4.74 Å². The molecule has 1 aliphatic rings. The van der Waals surface area contributed by atoms with Gasteiger partial charge in [0, 0.05) is 11.5 Å². The highest BCUT2D eigenvalue weighted by atomic mass is 19.4. The number of benzene rings is 1. The molecule has 0 saturated heterocycles. The molecule has 2 rings (SSSR count). The minimum absolute atomic E-state index is 0.0168. The number of hydrogen-bond acceptors (Lipinski definition) is 2. The van der Waals surface area contributed by atoms with Crippen LogP contribution in [-0.4, -0.2) is 12.1 Å². The topological polar surface area (TPSA) is 26.3 Å². The van der Waals surface area contributed by atoms with Gasteiger partial charge in [0.2, 0.25) is 0 Å². The van der Waals surface area contributed by atoms with E-state index in [1.807, 2.05) is 0 Å². The van der Waals surface area contributed by atoms with Crippen LogP contribution < -0.4 is 4.74 Å². The maximum atomic E-state index is 12.1. The van der Waals surface area contributed by atoms with Crippen LogP contribution in [-0.2, 0) is 0 Å². The smallest absolute Gasteiger partial charge is 0.406 e. The van der Waals surface area contributed by atoms with Gasteiger partial charge in [-0.25, -0.2) is 0 Å². The Morgan fingerprint density at radius 2 is 1.63 bits per heavy atom. The zero-order valence-corrected chi connectivity index (χ0v) is 10.4. The van der Waals surface area contributed by atoms with Crippen LogP contribution in [0.2, 0.25) is 0 Å². The van der Waals surface area contributed by atoms with Gasteiger partial charge in [-0.05, 0) is 37.1 Å². The molecule has 0 spiro atoms. The van der Waals surface area contributed by atoms with Crippen LogP contribution in [0.15, 0.2) is 24.3 Å². The highest BCUT2D eigenvalue weighted by Gasteiger charge is 2.31. The van der Waals surface area contributed by atoms with Gasteiger partial charge in [0.15, 0.2) is 5.78 Å². The second kappa shape index (κ2) is 5.63. The maximum Gasteiger partial charge on any atom is 0.573 e. The first kappa shape index (κ1) is 13.9. The lowest BCUT2D eigenvalue weighted by Crippen LogP contribution is -2.18. The van der Waals surface area contributed by atoms with E-state index in [0.29, 0.717) is 5.56 Å². The normalized spacial score (nSPS) is 17.2. The Morgan fingerprint density at radius 1 is 1.05 bits per heavy atom. The first-order valence-corrected chi connectivity index (χ1v) is 6.36. The lowest BCUT2D eigenvalue weighted by molar-refractivity contribution is -0.274. The van der Waals surface area contributed by atoms with Crippen molar-refractivity contribution in [2.24, 2.45) is 5.92 Å². The number of halogens is 3. The number of ketones is 1. The van der Waals surface area contributed by atoms with Gasteiger partial charge in [-0.15, -0.1) is 13.2 Å². The molecule has 1 aliphatic carbocycles. The minimum atomic E-state index is -4.70. The van der Waals surface area contributed by atoms with E-state index in [9.17, 15) is 18.0 Å². The fourth-order valence-electron chi connectivity index (χ4n) is 2.42. The van der Waals surface area contributed by atoms with Crippen LogP contribution >= 0.6 is 0 Å². The van der Waals surface area contributed by atoms with E-state index in [0.717, 1.165) is 32.1 Å². The molecule has 0 bridgehead atoms. The third kappa shape index (κ3) is 3.98. The zero-order chi connectivity index (χ0) is 13.9. The first-order chi connectivity index (χ1) is 8.96. The Bertz CT molecular complexity index is 431. The summed E-state index contributed by atoms with van der Waals surface area (Å²) in [5.74, 6) is -0.255. The molecule has 0 radical (unpaired) electrons. The molecule has 0 aromatic heterocycles. The standard InChI is InChI=1S/C14H15F3O2/c15-14(16,17)19-12-8-6-11(7-9-12)13(18)10-4-2-1-3-5-10/h6-10H,1-5H2. The molecular formula is C14H15F3O2. The number of carbonyl (C=O) groups excluding carboxylic acids is 1. The van der Waals surface area contributed by atoms with Gasteiger partial charge in [0.25, 0.3) is 0 Å². The van der Waals surface area contributed by atoms with Crippen LogP contribution in [0, 0.1) is 5.92 Å². The van der Waals surface area contributed by atoms with Crippen molar-refractivity contribution in [1.29, 1.82) is 0 Å². The summed E-state index contributed by atoms with van der Waals surface area (Å²) < 4.78 is 39.8. The summed E-state index contributed by atoms with van der Waals surface area (Å²) in [6.45, 7) is 0. The lowest BCUT2D eigenvalue weighted by Gasteiger charge is -2.20. The van der Waals surface area contributed by atoms with Gasteiger partial charge in [-0.3, -0.25) is 4.79 Å². The van der Waals surface area contributed by atoms with Crippen LogP contribution in [0.4, 0.5) is 13.2 Å². The molecule has 1 fully saturated rings. The summed E-state index contributed by atoms with van der Waals surface area (Å²) in [6, 6.07) is 5.17. The fraction of sp³-hybridized carbons (Fsp3) is 0.500. The lowest BCUT2D eigenvalue weighted by atomic mass is 9.84. The van der Waals surface area contributed by atoms with Crippen molar-refractivity contribution >= 4 is 5.78 Å². The highest BCUT2D eigenvalue weighted by Crippen LogP contribution is 2.28. The van der Waals surface area contributed by atoms with E-state index in [2.05, 4.69) is 4.74 Å². The van der Waals surface area contributed by atoms with Gasteiger partial charge in [0.1, 0.15) is 5.75 Å². The van der Waals surface area contributed by atoms with Crippen molar-refractivity contribution in [2.75, 3.05) is 0 Å². The monoisotopic (exact) mass is 272 g/mol. The molecule has 104 valence electrons. The molecule has 5 heteroatoms. The molecule has 1 aromatic rings. The molecule has 19 heavy (non-hydrogen) atoms. The molecule has 0 atom stereocenters. The molecule has 0 heterocycles. The van der Waals surface area contributed by atoms with Gasteiger partial charge in [0.05, 0.1) is 0 Å². The molecular weight excluding hydrogens is 257 g/mol. The van der Waals surface area contributed by atoms with Crippen LogP contribution in [0.3, 0.4) is 0 Å². The number of ether oxygens (including phenoxy) is 1. The molecule has 1 aromatic carbocycles. The number of Topliss-reactive ketones (excluding diaryl/α,β-unsaturated/α-hetero) is 1. The summed E-state index contributed by atoms with van der Waals surface area (Å²) >= 11 is 0. The minimum Gasteiger partial charge on any atom is -0.406 e. The predicted molar refractivity (Wildman–Crippen MR) is 64.0 cm³/mol. The molecule has 0 aliphatic heterocycles. The number of alkyl halides is 3. The Morgan fingerprint density at radius 3 is 2.16 bits per heavy atom. The second-order valence-electron chi connectivity index (χ2n) is 4.77. The van der Waals surface area contributed by atoms with E-state index in [-0.39, 0.29) is 17.5 Å². The van der Waals surface area contributed by atoms with E-state index >= 15 is 0 Å². The Balaban J connectivity index is 2.03. The quantitative estimate of drug-likeness (QED) is 0.765. The van der Waals surface area contributed by atoms with E-state index in [1.54, 1.807) is 0 Å². The molecule has 2 nitrogen and oxygen atoms in total. The highest BCUT2D eigenvalue weighted by molar-refractivity contribution is 5.97. The van der Waals surface area contributed by atoms with Crippen molar-refractivity contribution in [3.8, 4) is 5.75 Å². The first-order valence-electron chi connectivity index (χ1n) is 6.36. The van der Waals surface area contributed by atoms with E-state index < -0.39 is 6.36 Å². The summed E-state index contributed by atoms with van der Waals surface area (Å²) in [5, 5.41) is 0. The molecule has 0 amide bonds. The number of rotatable bonds is 3. The van der Waals surface area contributed by atoms with E-state index in [4.69, 9.17) is 0 Å². The zero-order valence-electron chi connectivity index (χ0n) is 10.4. The Kier molecular flexibility index (Phi) is 4.12. The summed E-state index contributed by atoms with van der Waals surface area (Å²) in [4.78, 5) is 12.1. The third-order valence-corrected chi connectivity index (χ3v) is 3.35. The maximum absolute atomic E-state index is 12.1. The van der Waals surface area contributed by atoms with Crippen LogP contribution in [0.5, 0.6) is 5.75 Å². The average Bonchev–Trinajstić information content (AvgIpc) is 2.38. The number of carbonyl (C=O) groups is 1. The molecule has 0 unspecified atom stereocenters. The van der Waals surface area contributed by atoms with Crippen molar-refractivity contribution in [3.05, 3.63) is 29.8 Å². The summed E-state index contributed by atoms with van der Waals surface area (Å²) in [7, 11) is 0. The second-order valence-corrected chi connectivity index (χ2v) is 4.77. The number of hydrogen-bond donors (Lipinski definition) is 0. The van der Waals surface area contributed by atoms with Crippen LogP contribution in [0.1, 0.15) is 42.5 Å². The van der Waals surface area contributed by atoms with Gasteiger partial charge in [-0.2, -0.15) is 0 Å². The molecule has 0 N–H and O–H groups in total. The van der Waals surface area contributed by atoms with Crippen molar-refractivity contribution in [3.63, 3.8) is 0 Å². The SMILES string of the molecule is O=C(c1ccc(OC(F)(F)F)cc1)C1CCCCC1. The third-order valence-electron chi connectivity index (χ3n) is 3.35. The van der Waals surface area contributed by atoms with Crippen LogP contribution in [0.25, 0.3) is 0 Å². The Labute approximate surface area is 109 Å². The summed E-state index contributed by atoms with van der Waals surface area (Å²) in [5.41, 5.74) is 0.460. The summed E-state index contributed by atoms with van der Waals surface area (Å²) in [6.07, 6.45) is 0.299. The predicted octanol–water partition coefficient (Wildman–Crippen LogP) is 4.35. The van der Waals surface area contributed by atoms with E-state index in [1.165, 1.54) is 24.3 Å². The van der Waals surface area contributed by atoms with Gasteiger partial charge in [-0.1, -0.05) is 19.3 Å². The molecule has 1 saturated carbocycles. The largest absolute Gasteiger partial charge is 0.573 e.